The predicted molar refractivity (Wildman–Crippen MR) is 132 cm³/mol. The lowest BCUT2D eigenvalue weighted by Gasteiger charge is -2.28. The van der Waals surface area contributed by atoms with Crippen molar-refractivity contribution in [3.05, 3.63) is 64.7 Å². The molecule has 0 spiro atoms. The summed E-state index contributed by atoms with van der Waals surface area (Å²) >= 11 is 0. The maximum Gasteiger partial charge on any atom is 0.410 e. The first-order valence-corrected chi connectivity index (χ1v) is 13.0. The van der Waals surface area contributed by atoms with Gasteiger partial charge in [-0.05, 0) is 73.3 Å². The first-order valence-electron chi connectivity index (χ1n) is 13.0. The number of rotatable bonds is 7. The molecule has 1 N–H and O–H groups in total. The predicted octanol–water partition coefficient (Wildman–Crippen LogP) is 4.08. The zero-order chi connectivity index (χ0) is 24.7. The lowest BCUT2D eigenvalue weighted by molar-refractivity contribution is -0.203. The van der Waals surface area contributed by atoms with Gasteiger partial charge in [0.15, 0.2) is 12.4 Å². The standard InChI is InChI=1S/C28H34N2O6/c31-27(29-36-26-9-3-4-16-33-26)25-13-11-22-18-20(10-12-24(22)35-25)6-5-17-34-28(32)30-15-14-21-7-1-2-8-23(21)19-30/h1-2,7-8,10,12,18,25-26H,3-6,9,11,13-17,19H2,(H,29,31). The van der Waals surface area contributed by atoms with Crippen LogP contribution in [0.2, 0.25) is 0 Å². The zero-order valence-electron chi connectivity index (χ0n) is 20.6. The van der Waals surface area contributed by atoms with Crippen LogP contribution in [0.1, 0.15) is 54.4 Å². The summed E-state index contributed by atoms with van der Waals surface area (Å²) < 4.78 is 16.9. The van der Waals surface area contributed by atoms with Crippen LogP contribution in [0.25, 0.3) is 0 Å². The van der Waals surface area contributed by atoms with Crippen LogP contribution in [-0.4, -0.2) is 49.1 Å². The molecule has 0 bridgehead atoms. The molecule has 3 aliphatic rings. The Hall–Kier alpha value is -3.10. The van der Waals surface area contributed by atoms with Crippen LogP contribution in [0.3, 0.4) is 0 Å². The maximum absolute atomic E-state index is 12.5. The minimum Gasteiger partial charge on any atom is -0.480 e. The number of aryl methyl sites for hydroxylation is 2. The summed E-state index contributed by atoms with van der Waals surface area (Å²) in [5.41, 5.74) is 7.27. The number of nitrogens with zero attached hydrogens (tertiary/aromatic N) is 1. The quantitative estimate of drug-likeness (QED) is 0.461. The Morgan fingerprint density at radius 1 is 1.03 bits per heavy atom. The topological polar surface area (TPSA) is 86.3 Å². The van der Waals surface area contributed by atoms with Crippen molar-refractivity contribution in [3.8, 4) is 5.75 Å². The van der Waals surface area contributed by atoms with Gasteiger partial charge in [-0.25, -0.2) is 15.1 Å². The van der Waals surface area contributed by atoms with Crippen LogP contribution < -0.4 is 10.2 Å². The number of amides is 2. The van der Waals surface area contributed by atoms with E-state index in [0.717, 1.165) is 56.3 Å². The highest BCUT2D eigenvalue weighted by atomic mass is 16.8. The van der Waals surface area contributed by atoms with E-state index >= 15 is 0 Å². The number of nitrogens with one attached hydrogen (secondary N) is 1. The second kappa shape index (κ2) is 11.8. The van der Waals surface area contributed by atoms with Crippen LogP contribution in [0.4, 0.5) is 4.79 Å². The number of carbonyl (C=O) groups excluding carboxylic acids is 2. The highest BCUT2D eigenvalue weighted by molar-refractivity contribution is 5.80. The van der Waals surface area contributed by atoms with E-state index in [4.69, 9.17) is 19.0 Å². The molecule has 8 heteroatoms. The molecular formula is C28H34N2O6. The van der Waals surface area contributed by atoms with E-state index in [1.165, 1.54) is 16.7 Å². The van der Waals surface area contributed by atoms with Crippen molar-refractivity contribution in [2.75, 3.05) is 19.8 Å². The third-order valence-corrected chi connectivity index (χ3v) is 7.02. The molecule has 3 aliphatic heterocycles. The van der Waals surface area contributed by atoms with E-state index < -0.39 is 6.10 Å². The van der Waals surface area contributed by atoms with E-state index in [9.17, 15) is 9.59 Å². The largest absolute Gasteiger partial charge is 0.480 e. The summed E-state index contributed by atoms with van der Waals surface area (Å²) in [6.45, 7) is 2.35. The lowest BCUT2D eigenvalue weighted by Crippen LogP contribution is -2.42. The van der Waals surface area contributed by atoms with Crippen molar-refractivity contribution < 1.29 is 28.6 Å². The summed E-state index contributed by atoms with van der Waals surface area (Å²) in [7, 11) is 0. The molecule has 0 radical (unpaired) electrons. The number of carbonyl (C=O) groups is 2. The zero-order valence-corrected chi connectivity index (χ0v) is 20.6. The summed E-state index contributed by atoms with van der Waals surface area (Å²) in [5, 5.41) is 0. The molecule has 0 saturated carbocycles. The molecule has 5 rings (SSSR count). The molecule has 3 heterocycles. The Balaban J connectivity index is 1.03. The number of fused-ring (bicyclic) bond motifs is 2. The molecule has 36 heavy (non-hydrogen) atoms. The van der Waals surface area contributed by atoms with E-state index in [2.05, 4.69) is 23.7 Å². The van der Waals surface area contributed by atoms with Crippen LogP contribution in [0, 0.1) is 0 Å². The molecule has 2 aromatic rings. The van der Waals surface area contributed by atoms with Crippen LogP contribution in [0.15, 0.2) is 42.5 Å². The summed E-state index contributed by atoms with van der Waals surface area (Å²) in [6.07, 6.45) is 5.42. The fourth-order valence-electron chi connectivity index (χ4n) is 4.95. The van der Waals surface area contributed by atoms with Crippen LogP contribution >= 0.6 is 0 Å². The molecule has 192 valence electrons. The minimum absolute atomic E-state index is 0.244. The molecule has 2 amide bonds. The Kier molecular flexibility index (Phi) is 8.03. The summed E-state index contributed by atoms with van der Waals surface area (Å²) in [6, 6.07) is 14.3. The van der Waals surface area contributed by atoms with Gasteiger partial charge in [-0.15, -0.1) is 0 Å². The van der Waals surface area contributed by atoms with Gasteiger partial charge in [0.2, 0.25) is 0 Å². The molecule has 1 saturated heterocycles. The van der Waals surface area contributed by atoms with Crippen LogP contribution in [-0.2, 0) is 44.9 Å². The number of hydrogen-bond donors (Lipinski definition) is 1. The molecule has 2 aromatic carbocycles. The van der Waals surface area contributed by atoms with Gasteiger partial charge >= 0.3 is 6.09 Å². The third kappa shape index (κ3) is 6.17. The number of hydroxylamine groups is 1. The van der Waals surface area contributed by atoms with E-state index in [0.29, 0.717) is 32.7 Å². The molecular weight excluding hydrogens is 460 g/mol. The first-order chi connectivity index (χ1) is 17.7. The van der Waals surface area contributed by atoms with Crippen molar-refractivity contribution in [1.82, 2.24) is 10.4 Å². The molecule has 0 aliphatic carbocycles. The average molecular weight is 495 g/mol. The van der Waals surface area contributed by atoms with Gasteiger partial charge in [0.05, 0.1) is 6.61 Å². The van der Waals surface area contributed by atoms with Crippen molar-refractivity contribution >= 4 is 12.0 Å². The summed E-state index contributed by atoms with van der Waals surface area (Å²) in [5.74, 6) is 0.453. The maximum atomic E-state index is 12.5. The molecule has 1 fully saturated rings. The van der Waals surface area contributed by atoms with Gasteiger partial charge < -0.3 is 19.1 Å². The lowest BCUT2D eigenvalue weighted by atomic mass is 9.98. The SMILES string of the molecule is O=C(NOC1CCCCO1)C1CCc2cc(CCCOC(=O)N3CCc4ccccc4C3)ccc2O1. The van der Waals surface area contributed by atoms with E-state index in [1.54, 1.807) is 4.90 Å². The number of benzene rings is 2. The fourth-order valence-corrected chi connectivity index (χ4v) is 4.95. The monoisotopic (exact) mass is 494 g/mol. The summed E-state index contributed by atoms with van der Waals surface area (Å²) in [4.78, 5) is 32.1. The van der Waals surface area contributed by atoms with E-state index in [-0.39, 0.29) is 18.3 Å². The molecule has 8 nitrogen and oxygen atoms in total. The van der Waals surface area contributed by atoms with E-state index in [1.807, 2.05) is 24.3 Å². The Labute approximate surface area is 211 Å². The Bertz CT molecular complexity index is 1070. The molecule has 2 unspecified atom stereocenters. The van der Waals surface area contributed by atoms with Gasteiger partial charge in [-0.3, -0.25) is 4.79 Å². The molecule has 0 aromatic heterocycles. The van der Waals surface area contributed by atoms with Gasteiger partial charge in [-0.2, -0.15) is 0 Å². The van der Waals surface area contributed by atoms with Crippen LogP contribution in [0.5, 0.6) is 5.75 Å². The van der Waals surface area contributed by atoms with Crippen molar-refractivity contribution in [2.45, 2.75) is 70.3 Å². The number of ether oxygens (including phenoxy) is 3. The second-order valence-corrected chi connectivity index (χ2v) is 9.63. The van der Waals surface area contributed by atoms with Gasteiger partial charge in [0, 0.05) is 26.1 Å². The smallest absolute Gasteiger partial charge is 0.410 e. The van der Waals surface area contributed by atoms with Gasteiger partial charge in [-0.1, -0.05) is 36.4 Å². The third-order valence-electron chi connectivity index (χ3n) is 7.02. The Morgan fingerprint density at radius 2 is 1.92 bits per heavy atom. The minimum atomic E-state index is -0.576. The van der Waals surface area contributed by atoms with Crippen molar-refractivity contribution in [3.63, 3.8) is 0 Å². The number of hydrogen-bond acceptors (Lipinski definition) is 6. The molecule has 2 atom stereocenters. The normalized spacial score (nSPS) is 21.1. The second-order valence-electron chi connectivity index (χ2n) is 9.63. The Morgan fingerprint density at radius 3 is 2.78 bits per heavy atom. The van der Waals surface area contributed by atoms with Gasteiger partial charge in [0.1, 0.15) is 5.75 Å². The average Bonchev–Trinajstić information content (AvgIpc) is 2.93. The highest BCUT2D eigenvalue weighted by Gasteiger charge is 2.28. The van der Waals surface area contributed by atoms with Crippen molar-refractivity contribution in [1.29, 1.82) is 0 Å². The highest BCUT2D eigenvalue weighted by Crippen LogP contribution is 2.29. The fraction of sp³-hybridized carbons (Fsp3) is 0.500. The van der Waals surface area contributed by atoms with Gasteiger partial charge in [0.25, 0.3) is 5.91 Å². The van der Waals surface area contributed by atoms with Crippen molar-refractivity contribution in [2.24, 2.45) is 0 Å². The first kappa shape index (κ1) is 24.6.